The van der Waals surface area contributed by atoms with Crippen LogP contribution in [-0.2, 0) is 23.4 Å². The number of rotatable bonds is 7. The lowest BCUT2D eigenvalue weighted by Gasteiger charge is -2.10. The van der Waals surface area contributed by atoms with E-state index in [0.29, 0.717) is 5.16 Å². The van der Waals surface area contributed by atoms with Crippen LogP contribution in [0.5, 0.6) is 0 Å². The molecule has 6 nitrogen and oxygen atoms in total. The molecule has 0 atom stereocenters. The largest absolute Gasteiger partial charge is 0.325 e. The van der Waals surface area contributed by atoms with Gasteiger partial charge in [0.1, 0.15) is 4.83 Å². The van der Waals surface area contributed by atoms with E-state index in [1.165, 1.54) is 34.2 Å². The highest BCUT2D eigenvalue weighted by molar-refractivity contribution is 8.00. The molecule has 188 valence electrons. The standard InChI is InChI=1S/C29H23N5OS3/c35-24(30-22-14-6-11-19-10-4-5-12-20(19)22)17-37-29-33-32-26-25-21-13-7-15-23(21)38-27(25)31-28(34(26)29)36-16-18-8-2-1-3-9-18/h1-6,8-12,14H,7,13,15-17H2,(H,30,35). The highest BCUT2D eigenvalue weighted by atomic mass is 32.2. The lowest BCUT2D eigenvalue weighted by molar-refractivity contribution is -0.113. The quantitative estimate of drug-likeness (QED) is 0.169. The van der Waals surface area contributed by atoms with Crippen molar-refractivity contribution in [3.63, 3.8) is 0 Å². The van der Waals surface area contributed by atoms with Gasteiger partial charge in [0, 0.05) is 21.7 Å². The number of thiophene rings is 1. The number of benzene rings is 3. The van der Waals surface area contributed by atoms with Crippen molar-refractivity contribution >= 4 is 73.1 Å². The third kappa shape index (κ3) is 4.34. The number of carbonyl (C=O) groups excluding carboxylic acids is 1. The summed E-state index contributed by atoms with van der Waals surface area (Å²) >= 11 is 4.87. The number of anilines is 1. The van der Waals surface area contributed by atoms with Gasteiger partial charge in [0.25, 0.3) is 0 Å². The second-order valence-corrected chi connectivity index (χ2v) is 12.2. The topological polar surface area (TPSA) is 72.2 Å². The fourth-order valence-corrected chi connectivity index (χ4v) is 8.05. The molecule has 0 bridgehead atoms. The summed E-state index contributed by atoms with van der Waals surface area (Å²) in [7, 11) is 0. The lowest BCUT2D eigenvalue weighted by atomic mass is 10.1. The summed E-state index contributed by atoms with van der Waals surface area (Å²) in [5.41, 5.74) is 4.27. The van der Waals surface area contributed by atoms with Crippen LogP contribution in [0.3, 0.4) is 0 Å². The van der Waals surface area contributed by atoms with Crippen molar-refractivity contribution in [3.8, 4) is 0 Å². The molecule has 0 saturated heterocycles. The van der Waals surface area contributed by atoms with Crippen LogP contribution in [0, 0.1) is 0 Å². The van der Waals surface area contributed by atoms with Crippen molar-refractivity contribution in [2.75, 3.05) is 11.1 Å². The maximum absolute atomic E-state index is 13.0. The van der Waals surface area contributed by atoms with Crippen molar-refractivity contribution in [3.05, 3.63) is 88.8 Å². The molecule has 0 radical (unpaired) electrons. The molecule has 0 spiro atoms. The van der Waals surface area contributed by atoms with Crippen LogP contribution in [0.25, 0.3) is 26.6 Å². The second-order valence-electron chi connectivity index (χ2n) is 9.21. The molecule has 1 aliphatic carbocycles. The Morgan fingerprint density at radius 1 is 0.921 bits per heavy atom. The third-order valence-electron chi connectivity index (χ3n) is 6.76. The zero-order valence-corrected chi connectivity index (χ0v) is 22.8. The Labute approximate surface area is 231 Å². The molecule has 3 aromatic carbocycles. The maximum atomic E-state index is 13.0. The summed E-state index contributed by atoms with van der Waals surface area (Å²) in [5.74, 6) is 0.947. The van der Waals surface area contributed by atoms with Crippen LogP contribution in [0.15, 0.2) is 83.1 Å². The minimum atomic E-state index is -0.0768. The van der Waals surface area contributed by atoms with E-state index in [4.69, 9.17) is 4.98 Å². The van der Waals surface area contributed by atoms with E-state index < -0.39 is 0 Å². The summed E-state index contributed by atoms with van der Waals surface area (Å²) < 4.78 is 2.05. The molecule has 0 unspecified atom stereocenters. The van der Waals surface area contributed by atoms with Crippen molar-refractivity contribution in [2.45, 2.75) is 35.3 Å². The molecule has 1 aliphatic rings. The number of carbonyl (C=O) groups is 1. The van der Waals surface area contributed by atoms with E-state index in [2.05, 4.69) is 44.2 Å². The predicted molar refractivity (Wildman–Crippen MR) is 157 cm³/mol. The van der Waals surface area contributed by atoms with E-state index in [1.807, 2.05) is 48.5 Å². The van der Waals surface area contributed by atoms with Gasteiger partial charge in [-0.25, -0.2) is 9.38 Å². The molecule has 0 aliphatic heterocycles. The van der Waals surface area contributed by atoms with Crippen LogP contribution >= 0.6 is 34.9 Å². The fourth-order valence-electron chi connectivity index (χ4n) is 5.00. The van der Waals surface area contributed by atoms with Gasteiger partial charge in [-0.05, 0) is 41.8 Å². The van der Waals surface area contributed by atoms with Gasteiger partial charge >= 0.3 is 0 Å². The molecule has 7 rings (SSSR count). The Balaban J connectivity index is 1.20. The van der Waals surface area contributed by atoms with E-state index in [9.17, 15) is 4.79 Å². The van der Waals surface area contributed by atoms with E-state index >= 15 is 0 Å². The number of nitrogens with zero attached hydrogens (tertiary/aromatic N) is 4. The summed E-state index contributed by atoms with van der Waals surface area (Å²) in [4.78, 5) is 20.6. The molecule has 6 aromatic rings. The summed E-state index contributed by atoms with van der Waals surface area (Å²) in [6.45, 7) is 0. The number of hydrogen-bond donors (Lipinski definition) is 1. The molecule has 3 aromatic heterocycles. The average Bonchev–Trinajstić information content (AvgIpc) is 3.66. The summed E-state index contributed by atoms with van der Waals surface area (Å²) in [5, 5.41) is 17.1. The van der Waals surface area contributed by atoms with Gasteiger partial charge in [-0.1, -0.05) is 90.3 Å². The normalized spacial score (nSPS) is 12.9. The van der Waals surface area contributed by atoms with Crippen LogP contribution in [0.4, 0.5) is 5.69 Å². The zero-order valence-electron chi connectivity index (χ0n) is 20.4. The molecule has 3 heterocycles. The second kappa shape index (κ2) is 10.1. The number of fused-ring (bicyclic) bond motifs is 6. The van der Waals surface area contributed by atoms with Gasteiger partial charge in [-0.2, -0.15) is 0 Å². The van der Waals surface area contributed by atoms with E-state index in [-0.39, 0.29) is 11.7 Å². The van der Waals surface area contributed by atoms with Crippen molar-refractivity contribution in [2.24, 2.45) is 0 Å². The summed E-state index contributed by atoms with van der Waals surface area (Å²) in [6.07, 6.45) is 3.35. The predicted octanol–water partition coefficient (Wildman–Crippen LogP) is 7.00. The molecule has 1 N–H and O–H groups in total. The summed E-state index contributed by atoms with van der Waals surface area (Å²) in [6, 6.07) is 24.4. The number of nitrogens with one attached hydrogen (secondary N) is 1. The number of aromatic nitrogens is 4. The number of hydrogen-bond acceptors (Lipinski definition) is 7. The first kappa shape index (κ1) is 23.7. The molecule has 1 amide bonds. The number of aryl methyl sites for hydroxylation is 2. The Kier molecular flexibility index (Phi) is 6.27. The van der Waals surface area contributed by atoms with Crippen molar-refractivity contribution in [1.29, 1.82) is 0 Å². The van der Waals surface area contributed by atoms with Gasteiger partial charge in [-0.3, -0.25) is 4.79 Å². The average molecular weight is 554 g/mol. The fraction of sp³-hybridized carbons (Fsp3) is 0.172. The Hall–Kier alpha value is -3.40. The van der Waals surface area contributed by atoms with Gasteiger partial charge in [0.05, 0.1) is 11.1 Å². The van der Waals surface area contributed by atoms with Crippen LogP contribution < -0.4 is 5.32 Å². The van der Waals surface area contributed by atoms with Crippen molar-refractivity contribution < 1.29 is 4.79 Å². The monoisotopic (exact) mass is 553 g/mol. The molecule has 38 heavy (non-hydrogen) atoms. The molecule has 9 heteroatoms. The molecule has 0 fully saturated rings. The highest BCUT2D eigenvalue weighted by Gasteiger charge is 2.25. The minimum Gasteiger partial charge on any atom is -0.325 e. The van der Waals surface area contributed by atoms with Gasteiger partial charge in [-0.15, -0.1) is 21.5 Å². The minimum absolute atomic E-state index is 0.0768. The van der Waals surface area contributed by atoms with E-state index in [0.717, 1.165) is 56.1 Å². The molecular weight excluding hydrogens is 531 g/mol. The van der Waals surface area contributed by atoms with Gasteiger partial charge < -0.3 is 5.32 Å². The lowest BCUT2D eigenvalue weighted by Crippen LogP contribution is -2.14. The van der Waals surface area contributed by atoms with Crippen LogP contribution in [-0.4, -0.2) is 31.2 Å². The van der Waals surface area contributed by atoms with Crippen molar-refractivity contribution in [1.82, 2.24) is 19.6 Å². The van der Waals surface area contributed by atoms with Crippen LogP contribution in [0.1, 0.15) is 22.4 Å². The van der Waals surface area contributed by atoms with Gasteiger partial charge in [0.15, 0.2) is 16.0 Å². The SMILES string of the molecule is O=C(CSc1nnc2c3c4c(sc3nc(SCc3ccccc3)n12)CCC4)Nc1cccc2ccccc12. The Morgan fingerprint density at radius 3 is 2.68 bits per heavy atom. The smallest absolute Gasteiger partial charge is 0.234 e. The Bertz CT molecular complexity index is 1810. The van der Waals surface area contributed by atoms with Gasteiger partial charge in [0.2, 0.25) is 5.91 Å². The maximum Gasteiger partial charge on any atom is 0.234 e. The highest BCUT2D eigenvalue weighted by Crippen LogP contribution is 2.40. The number of amides is 1. The first-order chi connectivity index (χ1) is 18.7. The van der Waals surface area contributed by atoms with Crippen LogP contribution in [0.2, 0.25) is 0 Å². The third-order valence-corrected chi connectivity index (χ3v) is 9.88. The Morgan fingerprint density at radius 2 is 1.76 bits per heavy atom. The first-order valence-corrected chi connectivity index (χ1v) is 15.3. The molecular formula is C29H23N5OS3. The molecule has 0 saturated carbocycles. The number of thioether (sulfide) groups is 2. The first-order valence-electron chi connectivity index (χ1n) is 12.5. The van der Waals surface area contributed by atoms with E-state index in [1.54, 1.807) is 23.1 Å². The zero-order chi connectivity index (χ0) is 25.5.